The number of para-hydroxylation sites is 1. The molecule has 1 aromatic heterocycles. The highest BCUT2D eigenvalue weighted by atomic mass is 19.1. The number of benzene rings is 3. The fourth-order valence-electron chi connectivity index (χ4n) is 3.98. The van der Waals surface area contributed by atoms with Crippen molar-refractivity contribution in [2.45, 2.75) is 25.5 Å². The zero-order valence-electron chi connectivity index (χ0n) is 17.5. The van der Waals surface area contributed by atoms with E-state index in [1.165, 1.54) is 24.3 Å². The third-order valence-electron chi connectivity index (χ3n) is 5.43. The summed E-state index contributed by atoms with van der Waals surface area (Å²) in [5.74, 6) is -0.735. The van der Waals surface area contributed by atoms with Crippen LogP contribution in [0.15, 0.2) is 66.7 Å². The molecule has 0 radical (unpaired) electrons. The molecular formula is C25H27F2N3O. The van der Waals surface area contributed by atoms with E-state index < -0.39 is 5.60 Å². The number of aliphatic hydroxyl groups is 1. The maximum absolute atomic E-state index is 13.8. The van der Waals surface area contributed by atoms with Gasteiger partial charge >= 0.3 is 0 Å². The molecule has 4 nitrogen and oxygen atoms in total. The van der Waals surface area contributed by atoms with Gasteiger partial charge in [0.15, 0.2) is 0 Å². The number of anilines is 1. The smallest absolute Gasteiger partial charge is 0.123 e. The van der Waals surface area contributed by atoms with Gasteiger partial charge in [0, 0.05) is 40.6 Å². The summed E-state index contributed by atoms with van der Waals surface area (Å²) in [5.41, 5.74) is 1.60. The Kier molecular flexibility index (Phi) is 6.20. The number of rotatable bonds is 9. The number of halogens is 2. The van der Waals surface area contributed by atoms with E-state index in [1.54, 1.807) is 19.1 Å². The third-order valence-corrected chi connectivity index (χ3v) is 5.43. The molecule has 0 aliphatic heterocycles. The standard InChI is InChI=1S/C25H27F2N3O/c1-25(31,16-28-12-5-13-29-20-6-3-2-4-7-20)17-30-23-10-8-18(26)14-21(23)22-15-19(27)9-11-24(22)30/h2-4,6-11,14-15,28-29,31H,5,12-13,16-17H2,1H3. The summed E-state index contributed by atoms with van der Waals surface area (Å²) >= 11 is 0. The predicted octanol–water partition coefficient (Wildman–Crippen LogP) is 4.92. The van der Waals surface area contributed by atoms with Crippen LogP contribution in [0, 0.1) is 11.6 Å². The van der Waals surface area contributed by atoms with Gasteiger partial charge in [0.2, 0.25) is 0 Å². The lowest BCUT2D eigenvalue weighted by Crippen LogP contribution is -2.42. The first-order chi connectivity index (χ1) is 14.9. The molecule has 0 aliphatic rings. The summed E-state index contributed by atoms with van der Waals surface area (Å²) in [7, 11) is 0. The molecule has 1 heterocycles. The van der Waals surface area contributed by atoms with Gasteiger partial charge in [-0.05, 0) is 68.4 Å². The van der Waals surface area contributed by atoms with E-state index in [2.05, 4.69) is 10.6 Å². The minimum atomic E-state index is -1.03. The molecule has 0 saturated heterocycles. The van der Waals surface area contributed by atoms with Crippen LogP contribution in [0.5, 0.6) is 0 Å². The predicted molar refractivity (Wildman–Crippen MR) is 122 cm³/mol. The van der Waals surface area contributed by atoms with Crippen molar-refractivity contribution in [2.75, 3.05) is 25.0 Å². The maximum Gasteiger partial charge on any atom is 0.123 e. The van der Waals surface area contributed by atoms with Gasteiger partial charge in [-0.3, -0.25) is 0 Å². The van der Waals surface area contributed by atoms with Gasteiger partial charge in [-0.25, -0.2) is 8.78 Å². The SMILES string of the molecule is CC(O)(CNCCCNc1ccccc1)Cn1c2ccc(F)cc2c2cc(F)ccc21. The molecule has 1 atom stereocenters. The van der Waals surface area contributed by atoms with Crippen LogP contribution in [0.3, 0.4) is 0 Å². The van der Waals surface area contributed by atoms with Crippen molar-refractivity contribution in [3.63, 3.8) is 0 Å². The first-order valence-corrected chi connectivity index (χ1v) is 10.5. The first kappa shape index (κ1) is 21.3. The number of nitrogens with zero attached hydrogens (tertiary/aromatic N) is 1. The molecule has 4 aromatic rings. The molecule has 6 heteroatoms. The Morgan fingerprint density at radius 2 is 1.48 bits per heavy atom. The molecule has 31 heavy (non-hydrogen) atoms. The average molecular weight is 424 g/mol. The van der Waals surface area contributed by atoms with Gasteiger partial charge < -0.3 is 20.3 Å². The lowest BCUT2D eigenvalue weighted by molar-refractivity contribution is 0.0443. The summed E-state index contributed by atoms with van der Waals surface area (Å²) < 4.78 is 29.6. The van der Waals surface area contributed by atoms with Crippen LogP contribution in [0.1, 0.15) is 13.3 Å². The van der Waals surface area contributed by atoms with Gasteiger partial charge in [-0.15, -0.1) is 0 Å². The Balaban J connectivity index is 1.40. The third kappa shape index (κ3) is 5.03. The number of hydrogen-bond acceptors (Lipinski definition) is 3. The number of fused-ring (bicyclic) bond motifs is 3. The number of hydrogen-bond donors (Lipinski definition) is 3. The van der Waals surface area contributed by atoms with E-state index in [0.29, 0.717) is 23.9 Å². The van der Waals surface area contributed by atoms with E-state index >= 15 is 0 Å². The molecular weight excluding hydrogens is 396 g/mol. The molecule has 0 spiro atoms. The van der Waals surface area contributed by atoms with Crippen molar-refractivity contribution < 1.29 is 13.9 Å². The quantitative estimate of drug-likeness (QED) is 0.335. The normalized spacial score (nSPS) is 13.5. The molecule has 0 bridgehead atoms. The molecule has 1 unspecified atom stereocenters. The highest BCUT2D eigenvalue weighted by Crippen LogP contribution is 2.31. The molecule has 0 amide bonds. The molecule has 3 N–H and O–H groups in total. The van der Waals surface area contributed by atoms with Crippen molar-refractivity contribution in [1.82, 2.24) is 9.88 Å². The monoisotopic (exact) mass is 423 g/mol. The van der Waals surface area contributed by atoms with Crippen LogP contribution < -0.4 is 10.6 Å². The molecule has 4 rings (SSSR count). The summed E-state index contributed by atoms with van der Waals surface area (Å²) in [6.07, 6.45) is 0.916. The molecule has 0 saturated carbocycles. The van der Waals surface area contributed by atoms with Gasteiger partial charge in [0.05, 0.1) is 12.1 Å². The van der Waals surface area contributed by atoms with Crippen LogP contribution in [0.4, 0.5) is 14.5 Å². The van der Waals surface area contributed by atoms with E-state index in [0.717, 1.165) is 36.2 Å². The van der Waals surface area contributed by atoms with Crippen LogP contribution in [0.2, 0.25) is 0 Å². The lowest BCUT2D eigenvalue weighted by atomic mass is 10.1. The number of nitrogens with one attached hydrogen (secondary N) is 2. The maximum atomic E-state index is 13.8. The molecule has 0 fully saturated rings. The van der Waals surface area contributed by atoms with Crippen molar-refractivity contribution in [2.24, 2.45) is 0 Å². The summed E-state index contributed by atoms with van der Waals surface area (Å²) in [6, 6.07) is 19.0. The molecule has 162 valence electrons. The minimum Gasteiger partial charge on any atom is -0.387 e. The highest BCUT2D eigenvalue weighted by Gasteiger charge is 2.23. The second-order valence-corrected chi connectivity index (χ2v) is 8.23. The van der Waals surface area contributed by atoms with Crippen LogP contribution in [-0.4, -0.2) is 34.9 Å². The van der Waals surface area contributed by atoms with E-state index in [4.69, 9.17) is 0 Å². The Morgan fingerprint density at radius 1 is 0.871 bits per heavy atom. The van der Waals surface area contributed by atoms with E-state index in [-0.39, 0.29) is 11.6 Å². The van der Waals surface area contributed by atoms with Crippen LogP contribution >= 0.6 is 0 Å². The van der Waals surface area contributed by atoms with E-state index in [1.807, 2.05) is 34.9 Å². The van der Waals surface area contributed by atoms with Gasteiger partial charge in [0.25, 0.3) is 0 Å². The van der Waals surface area contributed by atoms with Crippen molar-refractivity contribution in [1.29, 1.82) is 0 Å². The second-order valence-electron chi connectivity index (χ2n) is 8.23. The molecule has 0 aliphatic carbocycles. The Morgan fingerprint density at radius 3 is 2.10 bits per heavy atom. The average Bonchev–Trinajstić information content (AvgIpc) is 3.03. The van der Waals surface area contributed by atoms with Crippen molar-refractivity contribution in [3.8, 4) is 0 Å². The lowest BCUT2D eigenvalue weighted by Gasteiger charge is -2.25. The van der Waals surface area contributed by atoms with Crippen molar-refractivity contribution >= 4 is 27.5 Å². The van der Waals surface area contributed by atoms with Crippen LogP contribution in [-0.2, 0) is 6.54 Å². The topological polar surface area (TPSA) is 49.2 Å². The largest absolute Gasteiger partial charge is 0.387 e. The van der Waals surface area contributed by atoms with E-state index in [9.17, 15) is 13.9 Å². The van der Waals surface area contributed by atoms with Gasteiger partial charge in [0.1, 0.15) is 11.6 Å². The summed E-state index contributed by atoms with van der Waals surface area (Å²) in [6.45, 7) is 4.08. The highest BCUT2D eigenvalue weighted by molar-refractivity contribution is 6.08. The van der Waals surface area contributed by atoms with Crippen molar-refractivity contribution in [3.05, 3.63) is 78.4 Å². The number of aromatic nitrogens is 1. The summed E-state index contributed by atoms with van der Waals surface area (Å²) in [4.78, 5) is 0. The Labute approximate surface area is 180 Å². The van der Waals surface area contributed by atoms with Gasteiger partial charge in [-0.2, -0.15) is 0 Å². The van der Waals surface area contributed by atoms with Gasteiger partial charge in [-0.1, -0.05) is 18.2 Å². The fourth-order valence-corrected chi connectivity index (χ4v) is 3.98. The van der Waals surface area contributed by atoms with Crippen LogP contribution in [0.25, 0.3) is 21.8 Å². The first-order valence-electron chi connectivity index (χ1n) is 10.5. The zero-order valence-corrected chi connectivity index (χ0v) is 17.5. The Bertz CT molecular complexity index is 1110. The summed E-state index contributed by atoms with van der Waals surface area (Å²) in [5, 5.41) is 19.0. The minimum absolute atomic E-state index is 0.305. The Hall–Kier alpha value is -2.96. The zero-order chi connectivity index (χ0) is 21.8. The molecule has 3 aromatic carbocycles. The second kappa shape index (κ2) is 9.04. The fraction of sp³-hybridized carbons (Fsp3) is 0.280.